The zero-order chi connectivity index (χ0) is 17.1. The van der Waals surface area contributed by atoms with Crippen molar-refractivity contribution in [1.82, 2.24) is 20.2 Å². The molecule has 0 saturated heterocycles. The van der Waals surface area contributed by atoms with Crippen molar-refractivity contribution in [2.24, 2.45) is 7.05 Å². The van der Waals surface area contributed by atoms with Crippen molar-refractivity contribution in [2.45, 2.75) is 19.5 Å². The van der Waals surface area contributed by atoms with Crippen LogP contribution in [0.1, 0.15) is 17.5 Å². The molecule has 24 heavy (non-hydrogen) atoms. The number of carbonyl (C=O) groups excluding carboxylic acids is 2. The van der Waals surface area contributed by atoms with E-state index in [0.717, 1.165) is 30.3 Å². The van der Waals surface area contributed by atoms with E-state index in [1.54, 1.807) is 6.20 Å². The van der Waals surface area contributed by atoms with Gasteiger partial charge in [-0.15, -0.1) is 0 Å². The number of nitrogens with one attached hydrogen (secondary N) is 2. The lowest BCUT2D eigenvalue weighted by molar-refractivity contribution is -0.125. The summed E-state index contributed by atoms with van der Waals surface area (Å²) in [7, 11) is 3.87. The van der Waals surface area contributed by atoms with E-state index in [4.69, 9.17) is 0 Å². The van der Waals surface area contributed by atoms with Crippen LogP contribution in [0.15, 0.2) is 24.4 Å². The van der Waals surface area contributed by atoms with Gasteiger partial charge in [0.05, 0.1) is 6.20 Å². The van der Waals surface area contributed by atoms with Gasteiger partial charge in [0.1, 0.15) is 11.6 Å². The Morgan fingerprint density at radius 2 is 2.21 bits per heavy atom. The summed E-state index contributed by atoms with van der Waals surface area (Å²) in [6, 6.07) is 6.42. The van der Waals surface area contributed by atoms with Crippen LogP contribution in [0.3, 0.4) is 0 Å². The predicted octanol–water partition coefficient (Wildman–Crippen LogP) is 0.789. The zero-order valence-corrected chi connectivity index (χ0v) is 13.9. The number of imidazole rings is 1. The number of amides is 2. The van der Waals surface area contributed by atoms with Crippen LogP contribution >= 0.6 is 0 Å². The Bertz CT molecular complexity index is 768. The smallest absolute Gasteiger partial charge is 0.228 e. The van der Waals surface area contributed by atoms with Gasteiger partial charge in [-0.1, -0.05) is 12.1 Å². The molecule has 0 saturated carbocycles. The van der Waals surface area contributed by atoms with Gasteiger partial charge in [0.2, 0.25) is 12.3 Å². The molecule has 2 amide bonds. The lowest BCUT2D eigenvalue weighted by atomic mass is 10.1. The molecule has 0 atom stereocenters. The number of aromatic nitrogens is 2. The van der Waals surface area contributed by atoms with Gasteiger partial charge in [-0.25, -0.2) is 4.98 Å². The molecule has 1 aliphatic heterocycles. The molecule has 2 aromatic rings. The molecule has 1 aromatic heterocycles. The SMILES string of the molecule is CN(CCC(=O)NC=O)c1cnc(-c2ccc3c(c2)CNC3)n1C. The number of imide groups is 1. The topological polar surface area (TPSA) is 79.3 Å². The van der Waals surface area contributed by atoms with Gasteiger partial charge in [0, 0.05) is 45.7 Å². The molecule has 126 valence electrons. The summed E-state index contributed by atoms with van der Waals surface area (Å²) < 4.78 is 2.02. The second-order valence-corrected chi connectivity index (χ2v) is 5.94. The van der Waals surface area contributed by atoms with Gasteiger partial charge in [0.15, 0.2) is 0 Å². The van der Waals surface area contributed by atoms with Crippen molar-refractivity contribution >= 4 is 18.1 Å². The normalized spacial score (nSPS) is 12.8. The molecule has 7 nitrogen and oxygen atoms in total. The van der Waals surface area contributed by atoms with E-state index in [1.807, 2.05) is 23.6 Å². The van der Waals surface area contributed by atoms with Crippen LogP contribution in [0.4, 0.5) is 5.82 Å². The Morgan fingerprint density at radius 3 is 3.00 bits per heavy atom. The van der Waals surface area contributed by atoms with Crippen LogP contribution in [-0.2, 0) is 29.7 Å². The van der Waals surface area contributed by atoms with Crippen molar-refractivity contribution in [2.75, 3.05) is 18.5 Å². The number of fused-ring (bicyclic) bond motifs is 1. The van der Waals surface area contributed by atoms with E-state index >= 15 is 0 Å². The lowest BCUT2D eigenvalue weighted by Gasteiger charge is -2.19. The maximum atomic E-state index is 11.4. The number of hydrogen-bond donors (Lipinski definition) is 2. The molecule has 0 spiro atoms. The van der Waals surface area contributed by atoms with Crippen LogP contribution < -0.4 is 15.5 Å². The first-order chi connectivity index (χ1) is 11.6. The molecule has 0 bridgehead atoms. The van der Waals surface area contributed by atoms with Gasteiger partial charge in [0.25, 0.3) is 0 Å². The molecule has 1 aromatic carbocycles. The van der Waals surface area contributed by atoms with Gasteiger partial charge >= 0.3 is 0 Å². The molecular weight excluding hydrogens is 306 g/mol. The summed E-state index contributed by atoms with van der Waals surface area (Å²) in [5.74, 6) is 1.52. The Hall–Kier alpha value is -2.67. The molecule has 1 aliphatic rings. The Labute approximate surface area is 140 Å². The second kappa shape index (κ2) is 6.84. The quantitative estimate of drug-likeness (QED) is 0.767. The molecule has 2 N–H and O–H groups in total. The monoisotopic (exact) mass is 327 g/mol. The lowest BCUT2D eigenvalue weighted by Crippen LogP contribution is -2.28. The standard InChI is InChI=1S/C17H21N5O2/c1-21(6-5-15(24)20-11-23)16-10-19-17(22(16)2)12-3-4-13-8-18-9-14(13)7-12/h3-4,7,10-11,18H,5-6,8-9H2,1-2H3,(H,20,23,24). The molecule has 0 fully saturated rings. The van der Waals surface area contributed by atoms with E-state index in [2.05, 4.69) is 33.8 Å². The molecular formula is C17H21N5O2. The van der Waals surface area contributed by atoms with Gasteiger partial charge in [-0.2, -0.15) is 0 Å². The maximum Gasteiger partial charge on any atom is 0.228 e. The molecule has 0 aliphatic carbocycles. The highest BCUT2D eigenvalue weighted by atomic mass is 16.2. The van der Waals surface area contributed by atoms with Crippen molar-refractivity contribution < 1.29 is 9.59 Å². The highest BCUT2D eigenvalue weighted by Gasteiger charge is 2.16. The second-order valence-electron chi connectivity index (χ2n) is 5.94. The van der Waals surface area contributed by atoms with E-state index in [0.29, 0.717) is 13.0 Å². The van der Waals surface area contributed by atoms with Crippen LogP contribution in [0.5, 0.6) is 0 Å². The number of nitrogens with zero attached hydrogens (tertiary/aromatic N) is 3. The minimum atomic E-state index is -0.287. The molecule has 7 heteroatoms. The first-order valence-electron chi connectivity index (χ1n) is 7.89. The number of rotatable bonds is 6. The average Bonchev–Trinajstić information content (AvgIpc) is 3.18. The zero-order valence-electron chi connectivity index (χ0n) is 13.9. The van der Waals surface area contributed by atoms with E-state index in [1.165, 1.54) is 11.1 Å². The number of anilines is 1. The number of carbonyl (C=O) groups is 2. The van der Waals surface area contributed by atoms with Crippen molar-refractivity contribution in [1.29, 1.82) is 0 Å². The van der Waals surface area contributed by atoms with Crippen LogP contribution in [0, 0.1) is 0 Å². The Morgan fingerprint density at radius 1 is 1.42 bits per heavy atom. The number of benzene rings is 1. The Kier molecular flexibility index (Phi) is 4.61. The minimum Gasteiger partial charge on any atom is -0.359 e. The summed E-state index contributed by atoms with van der Waals surface area (Å²) in [5, 5.41) is 5.49. The fourth-order valence-corrected chi connectivity index (χ4v) is 2.98. The summed E-state index contributed by atoms with van der Waals surface area (Å²) in [5.41, 5.74) is 3.74. The van der Waals surface area contributed by atoms with Crippen molar-refractivity contribution in [3.05, 3.63) is 35.5 Å². The fourth-order valence-electron chi connectivity index (χ4n) is 2.98. The summed E-state index contributed by atoms with van der Waals surface area (Å²) in [6.07, 6.45) is 2.46. The van der Waals surface area contributed by atoms with E-state index in [9.17, 15) is 9.59 Å². The third-order valence-electron chi connectivity index (χ3n) is 4.34. The van der Waals surface area contributed by atoms with Crippen LogP contribution in [-0.4, -0.2) is 35.5 Å². The predicted molar refractivity (Wildman–Crippen MR) is 91.3 cm³/mol. The van der Waals surface area contributed by atoms with E-state index < -0.39 is 0 Å². The van der Waals surface area contributed by atoms with Gasteiger partial charge in [-0.05, 0) is 17.2 Å². The van der Waals surface area contributed by atoms with Crippen LogP contribution in [0.25, 0.3) is 11.4 Å². The molecule has 0 radical (unpaired) electrons. The highest BCUT2D eigenvalue weighted by Crippen LogP contribution is 2.26. The van der Waals surface area contributed by atoms with Crippen LogP contribution in [0.2, 0.25) is 0 Å². The first-order valence-corrected chi connectivity index (χ1v) is 7.89. The third kappa shape index (κ3) is 3.16. The fraction of sp³-hybridized carbons (Fsp3) is 0.353. The largest absolute Gasteiger partial charge is 0.359 e. The average molecular weight is 327 g/mol. The molecule has 3 rings (SSSR count). The molecule has 0 unspecified atom stereocenters. The maximum absolute atomic E-state index is 11.4. The molecule has 2 heterocycles. The van der Waals surface area contributed by atoms with Crippen molar-refractivity contribution in [3.8, 4) is 11.4 Å². The summed E-state index contributed by atoms with van der Waals surface area (Å²) >= 11 is 0. The summed E-state index contributed by atoms with van der Waals surface area (Å²) in [6.45, 7) is 2.33. The highest BCUT2D eigenvalue weighted by molar-refractivity contribution is 5.86. The van der Waals surface area contributed by atoms with Gasteiger partial charge in [-0.3, -0.25) is 14.9 Å². The number of hydrogen-bond acceptors (Lipinski definition) is 5. The summed E-state index contributed by atoms with van der Waals surface area (Å²) in [4.78, 5) is 28.2. The van der Waals surface area contributed by atoms with E-state index in [-0.39, 0.29) is 12.3 Å². The van der Waals surface area contributed by atoms with Crippen molar-refractivity contribution in [3.63, 3.8) is 0 Å². The first kappa shape index (κ1) is 16.2. The van der Waals surface area contributed by atoms with Gasteiger partial charge < -0.3 is 14.8 Å². The third-order valence-corrected chi connectivity index (χ3v) is 4.34. The minimum absolute atomic E-state index is 0.250. The Balaban J connectivity index is 1.76.